The molecule has 2 aromatic carbocycles. The first-order chi connectivity index (χ1) is 16.4. The lowest BCUT2D eigenvalue weighted by molar-refractivity contribution is 0.0794. The van der Waals surface area contributed by atoms with Crippen LogP contribution < -0.4 is 11.2 Å². The van der Waals surface area contributed by atoms with Gasteiger partial charge in [-0.3, -0.25) is 14.2 Å². The van der Waals surface area contributed by atoms with E-state index in [2.05, 4.69) is 4.98 Å². The molecule has 1 amide bonds. The van der Waals surface area contributed by atoms with Crippen LogP contribution >= 0.6 is 0 Å². The highest BCUT2D eigenvalue weighted by Crippen LogP contribution is 2.21. The number of fused-ring (bicyclic) bond motifs is 1. The molecule has 5 rings (SSSR count). The number of carbonyl (C=O) groups excluding carboxylic acids is 1. The summed E-state index contributed by atoms with van der Waals surface area (Å²) < 4.78 is 2.65. The van der Waals surface area contributed by atoms with Crippen LogP contribution in [0.5, 0.6) is 0 Å². The zero-order chi connectivity index (χ0) is 23.8. The molecule has 1 aliphatic heterocycles. The van der Waals surface area contributed by atoms with Crippen LogP contribution in [0.25, 0.3) is 16.7 Å². The van der Waals surface area contributed by atoms with E-state index in [-0.39, 0.29) is 23.5 Å². The summed E-state index contributed by atoms with van der Waals surface area (Å²) in [4.78, 5) is 47.3. The Bertz CT molecular complexity index is 1500. The Morgan fingerprint density at radius 3 is 2.29 bits per heavy atom. The third kappa shape index (κ3) is 3.83. The number of amides is 1. The van der Waals surface area contributed by atoms with E-state index in [1.54, 1.807) is 30.0 Å². The maximum absolute atomic E-state index is 13.8. The predicted octanol–water partition coefficient (Wildman–Crippen LogP) is 3.45. The van der Waals surface area contributed by atoms with Crippen molar-refractivity contribution in [1.29, 1.82) is 0 Å². The monoisotopic (exact) mass is 454 g/mol. The van der Waals surface area contributed by atoms with Gasteiger partial charge in [0.05, 0.1) is 23.2 Å². The van der Waals surface area contributed by atoms with Gasteiger partial charge < -0.3 is 4.90 Å². The van der Waals surface area contributed by atoms with Crippen LogP contribution in [0.2, 0.25) is 0 Å². The fourth-order valence-electron chi connectivity index (χ4n) is 4.55. The third-order valence-corrected chi connectivity index (χ3v) is 6.32. The molecule has 0 saturated carbocycles. The zero-order valence-electron chi connectivity index (χ0n) is 19.3. The molecule has 7 heteroatoms. The van der Waals surface area contributed by atoms with E-state index in [1.807, 2.05) is 49.4 Å². The van der Waals surface area contributed by atoms with E-state index < -0.39 is 11.2 Å². The van der Waals surface area contributed by atoms with E-state index in [9.17, 15) is 14.4 Å². The van der Waals surface area contributed by atoms with Gasteiger partial charge in [-0.1, -0.05) is 48.0 Å². The highest BCUT2D eigenvalue weighted by atomic mass is 16.2. The number of likely N-dealkylation sites (tertiary alicyclic amines) is 1. The molecule has 0 spiro atoms. The van der Waals surface area contributed by atoms with E-state index in [0.717, 1.165) is 24.0 Å². The van der Waals surface area contributed by atoms with Crippen LogP contribution in [0.15, 0.2) is 70.3 Å². The van der Waals surface area contributed by atoms with Gasteiger partial charge >= 0.3 is 5.69 Å². The second-order valence-corrected chi connectivity index (χ2v) is 8.84. The minimum Gasteiger partial charge on any atom is -0.339 e. The number of para-hydroxylation sites is 1. The molecular formula is C27H26N4O3. The highest BCUT2D eigenvalue weighted by molar-refractivity contribution is 6.05. The fraction of sp³-hybridized carbons (Fsp3) is 0.259. The van der Waals surface area contributed by atoms with E-state index in [4.69, 9.17) is 0 Å². The quantitative estimate of drug-likeness (QED) is 0.473. The van der Waals surface area contributed by atoms with Crippen molar-refractivity contribution in [3.8, 4) is 5.69 Å². The molecule has 0 unspecified atom stereocenters. The summed E-state index contributed by atoms with van der Waals surface area (Å²) >= 11 is 0. The van der Waals surface area contributed by atoms with Crippen molar-refractivity contribution in [2.75, 3.05) is 13.1 Å². The van der Waals surface area contributed by atoms with Crippen molar-refractivity contribution in [2.45, 2.75) is 33.2 Å². The molecule has 4 aromatic rings. The van der Waals surface area contributed by atoms with Gasteiger partial charge in [0.15, 0.2) is 5.65 Å². The summed E-state index contributed by atoms with van der Waals surface area (Å²) in [5.41, 5.74) is 2.62. The van der Waals surface area contributed by atoms with Gasteiger partial charge in [-0.05, 0) is 50.5 Å². The Morgan fingerprint density at radius 1 is 0.941 bits per heavy atom. The summed E-state index contributed by atoms with van der Waals surface area (Å²) in [6, 6.07) is 18.5. The molecule has 7 nitrogen and oxygen atoms in total. The first kappa shape index (κ1) is 21.8. The highest BCUT2D eigenvalue weighted by Gasteiger charge is 2.26. The lowest BCUT2D eigenvalue weighted by atomic mass is 10.1. The molecule has 0 atom stereocenters. The van der Waals surface area contributed by atoms with Crippen molar-refractivity contribution in [2.24, 2.45) is 0 Å². The maximum Gasteiger partial charge on any atom is 0.337 e. The van der Waals surface area contributed by atoms with Gasteiger partial charge in [-0.25, -0.2) is 14.3 Å². The molecule has 1 aliphatic rings. The Hall–Kier alpha value is -4.00. The van der Waals surface area contributed by atoms with Crippen molar-refractivity contribution in [3.05, 3.63) is 104 Å². The van der Waals surface area contributed by atoms with Crippen LogP contribution in [0.4, 0.5) is 0 Å². The lowest BCUT2D eigenvalue weighted by Gasteiger charge is -2.19. The molecule has 0 radical (unpaired) electrons. The number of pyridine rings is 1. The second-order valence-electron chi connectivity index (χ2n) is 8.84. The lowest BCUT2D eigenvalue weighted by Crippen LogP contribution is -2.41. The molecule has 0 aliphatic carbocycles. The van der Waals surface area contributed by atoms with Crippen molar-refractivity contribution >= 4 is 16.9 Å². The first-order valence-electron chi connectivity index (χ1n) is 11.5. The molecule has 0 bridgehead atoms. The minimum absolute atomic E-state index is 0.103. The van der Waals surface area contributed by atoms with Gasteiger partial charge in [0, 0.05) is 18.8 Å². The Balaban J connectivity index is 1.83. The summed E-state index contributed by atoms with van der Waals surface area (Å²) in [6.45, 7) is 5.19. The number of nitrogens with zero attached hydrogens (tertiary/aromatic N) is 4. The maximum atomic E-state index is 13.8. The van der Waals surface area contributed by atoms with Gasteiger partial charge in [-0.2, -0.15) is 0 Å². The minimum atomic E-state index is -0.497. The van der Waals surface area contributed by atoms with Gasteiger partial charge in [0.1, 0.15) is 0 Å². The standard InChI is InChI=1S/C27H26N4O3/c1-18-10-12-20(13-11-18)17-30-26(33)23-22(25(32)29-14-6-7-15-29)16-19(2)28-24(23)31(27(30)34)21-8-4-3-5-9-21/h3-5,8-13,16H,6-7,14-15,17H2,1-2H3. The van der Waals surface area contributed by atoms with Gasteiger partial charge in [0.25, 0.3) is 11.5 Å². The number of benzene rings is 2. The molecule has 2 aromatic heterocycles. The molecule has 1 fully saturated rings. The van der Waals surface area contributed by atoms with Crippen LogP contribution in [-0.4, -0.2) is 38.0 Å². The third-order valence-electron chi connectivity index (χ3n) is 6.32. The Kier molecular flexibility index (Phi) is 5.61. The molecule has 172 valence electrons. The Labute approximate surface area is 196 Å². The Morgan fingerprint density at radius 2 is 1.62 bits per heavy atom. The molecule has 1 saturated heterocycles. The van der Waals surface area contributed by atoms with Gasteiger partial charge in [0.2, 0.25) is 0 Å². The van der Waals surface area contributed by atoms with E-state index >= 15 is 0 Å². The van der Waals surface area contributed by atoms with Crippen LogP contribution in [-0.2, 0) is 6.54 Å². The summed E-state index contributed by atoms with van der Waals surface area (Å²) in [5, 5.41) is 0.179. The smallest absolute Gasteiger partial charge is 0.337 e. The molecule has 3 heterocycles. The van der Waals surface area contributed by atoms with Crippen molar-refractivity contribution in [3.63, 3.8) is 0 Å². The number of aromatic nitrogens is 3. The van der Waals surface area contributed by atoms with Crippen molar-refractivity contribution < 1.29 is 4.79 Å². The molecule has 34 heavy (non-hydrogen) atoms. The average molecular weight is 455 g/mol. The van der Waals surface area contributed by atoms with Crippen LogP contribution in [0.3, 0.4) is 0 Å². The zero-order valence-corrected chi connectivity index (χ0v) is 19.3. The molecular weight excluding hydrogens is 428 g/mol. The number of hydrogen-bond acceptors (Lipinski definition) is 4. The largest absolute Gasteiger partial charge is 0.339 e. The number of carbonyl (C=O) groups is 1. The summed E-state index contributed by atoms with van der Waals surface area (Å²) in [7, 11) is 0. The normalized spacial score (nSPS) is 13.5. The fourth-order valence-corrected chi connectivity index (χ4v) is 4.55. The van der Waals surface area contributed by atoms with Crippen LogP contribution in [0.1, 0.15) is 40.0 Å². The topological polar surface area (TPSA) is 77.2 Å². The number of aryl methyl sites for hydroxylation is 2. The van der Waals surface area contributed by atoms with Crippen LogP contribution in [0, 0.1) is 13.8 Å². The van der Waals surface area contributed by atoms with E-state index in [0.29, 0.717) is 30.0 Å². The number of rotatable bonds is 4. The summed E-state index contributed by atoms with van der Waals surface area (Å²) in [5.74, 6) is -0.190. The average Bonchev–Trinajstić information content (AvgIpc) is 3.38. The van der Waals surface area contributed by atoms with Crippen molar-refractivity contribution in [1.82, 2.24) is 19.0 Å². The second kappa shape index (κ2) is 8.74. The van der Waals surface area contributed by atoms with E-state index in [1.165, 1.54) is 9.13 Å². The summed E-state index contributed by atoms with van der Waals surface area (Å²) in [6.07, 6.45) is 1.89. The predicted molar refractivity (Wildman–Crippen MR) is 132 cm³/mol. The number of hydrogen-bond donors (Lipinski definition) is 0. The van der Waals surface area contributed by atoms with Gasteiger partial charge in [-0.15, -0.1) is 0 Å². The SMILES string of the molecule is Cc1ccc(Cn2c(=O)c3c(C(=O)N4CCCC4)cc(C)nc3n(-c3ccccc3)c2=O)cc1. The first-order valence-corrected chi connectivity index (χ1v) is 11.5. The molecule has 0 N–H and O–H groups in total.